The Hall–Kier alpha value is -0.500. The van der Waals surface area contributed by atoms with E-state index >= 15 is 0 Å². The number of rotatable bonds is 3. The van der Waals surface area contributed by atoms with E-state index in [4.69, 9.17) is 5.73 Å². The molecule has 0 amide bonds. The number of nitrogens with one attached hydrogen (secondary N) is 1. The van der Waals surface area contributed by atoms with E-state index in [0.29, 0.717) is 0 Å². The third kappa shape index (κ3) is 5.50. The summed E-state index contributed by atoms with van der Waals surface area (Å²) < 4.78 is 0. The molecule has 2 nitrogen and oxygen atoms in total. The second-order valence-corrected chi connectivity index (χ2v) is 1.24. The Morgan fingerprint density at radius 1 is 1.71 bits per heavy atom. The van der Waals surface area contributed by atoms with Gasteiger partial charge in [-0.25, -0.2) is 0 Å². The monoisotopic (exact) mass is 100 g/mol. The maximum Gasteiger partial charge on any atom is 0.0151 e. The van der Waals surface area contributed by atoms with Gasteiger partial charge in [0.05, 0.1) is 0 Å². The summed E-state index contributed by atoms with van der Waals surface area (Å²) in [5.41, 5.74) is 5.05. The van der Waals surface area contributed by atoms with Crippen LogP contribution in [0.5, 0.6) is 0 Å². The molecule has 0 aliphatic carbocycles. The molecule has 0 atom stereocenters. The molecule has 0 heterocycles. The number of hydrogen-bond acceptors (Lipinski definition) is 2. The average Bonchev–Trinajstić information content (AvgIpc) is 1.69. The summed E-state index contributed by atoms with van der Waals surface area (Å²) in [5.74, 6) is 0. The van der Waals surface area contributed by atoms with Crippen molar-refractivity contribution in [2.75, 3.05) is 13.1 Å². The molecule has 0 unspecified atom stereocenters. The lowest BCUT2D eigenvalue weighted by Crippen LogP contribution is -2.11. The van der Waals surface area contributed by atoms with Crippen molar-refractivity contribution in [3.05, 3.63) is 12.3 Å². The third-order valence-electron chi connectivity index (χ3n) is 0.648. The van der Waals surface area contributed by atoms with Gasteiger partial charge in [0.1, 0.15) is 0 Å². The van der Waals surface area contributed by atoms with Gasteiger partial charge in [-0.2, -0.15) is 0 Å². The molecule has 0 aromatic rings. The molecule has 0 fully saturated rings. The van der Waals surface area contributed by atoms with Gasteiger partial charge in [0.2, 0.25) is 0 Å². The first kappa shape index (κ1) is 6.50. The minimum absolute atomic E-state index is 0.882. The Balaban J connectivity index is 2.69. The molecule has 0 radical (unpaired) electrons. The van der Waals surface area contributed by atoms with E-state index in [1.165, 1.54) is 0 Å². The van der Waals surface area contributed by atoms with Crippen LogP contribution in [0.15, 0.2) is 12.3 Å². The van der Waals surface area contributed by atoms with Crippen molar-refractivity contribution >= 4 is 0 Å². The van der Waals surface area contributed by atoms with Crippen LogP contribution in [-0.2, 0) is 0 Å². The van der Waals surface area contributed by atoms with Crippen LogP contribution in [0.4, 0.5) is 0 Å². The Morgan fingerprint density at radius 2 is 2.43 bits per heavy atom. The van der Waals surface area contributed by atoms with E-state index in [0.717, 1.165) is 13.1 Å². The van der Waals surface area contributed by atoms with Crippen molar-refractivity contribution < 1.29 is 0 Å². The molecular formula is C5H12N2. The molecule has 3 N–H and O–H groups in total. The van der Waals surface area contributed by atoms with Crippen LogP contribution in [0.1, 0.15) is 6.92 Å². The molecule has 0 aliphatic heterocycles. The molecule has 0 spiro atoms. The smallest absolute Gasteiger partial charge is 0.0151 e. The Morgan fingerprint density at radius 3 is 2.86 bits per heavy atom. The fourth-order valence-electron chi connectivity index (χ4n) is 0.296. The van der Waals surface area contributed by atoms with Crippen molar-refractivity contribution in [1.29, 1.82) is 0 Å². The number of likely N-dealkylation sites (N-methyl/N-ethyl adjacent to an activating group) is 1. The van der Waals surface area contributed by atoms with Gasteiger partial charge in [-0.15, -0.1) is 0 Å². The van der Waals surface area contributed by atoms with Gasteiger partial charge in [-0.1, -0.05) is 13.0 Å². The fourth-order valence-corrected chi connectivity index (χ4v) is 0.296. The van der Waals surface area contributed by atoms with Gasteiger partial charge in [0.15, 0.2) is 0 Å². The molecule has 0 aliphatic rings. The van der Waals surface area contributed by atoms with Crippen LogP contribution in [0.2, 0.25) is 0 Å². The van der Waals surface area contributed by atoms with Crippen LogP contribution in [-0.4, -0.2) is 13.1 Å². The van der Waals surface area contributed by atoms with E-state index in [9.17, 15) is 0 Å². The largest absolute Gasteiger partial charge is 0.405 e. The van der Waals surface area contributed by atoms with Crippen molar-refractivity contribution in [2.24, 2.45) is 5.73 Å². The van der Waals surface area contributed by atoms with Crippen molar-refractivity contribution in [2.45, 2.75) is 6.92 Å². The van der Waals surface area contributed by atoms with Gasteiger partial charge < -0.3 is 11.1 Å². The molecular weight excluding hydrogens is 88.1 g/mol. The van der Waals surface area contributed by atoms with E-state index in [1.807, 2.05) is 6.08 Å². The van der Waals surface area contributed by atoms with E-state index < -0.39 is 0 Å². The summed E-state index contributed by atoms with van der Waals surface area (Å²) in [5, 5.41) is 3.08. The molecule has 0 saturated carbocycles. The van der Waals surface area contributed by atoms with Crippen LogP contribution in [0.25, 0.3) is 0 Å². The minimum Gasteiger partial charge on any atom is -0.405 e. The normalized spacial score (nSPS) is 10.4. The highest BCUT2D eigenvalue weighted by molar-refractivity contribution is 4.77. The second-order valence-electron chi connectivity index (χ2n) is 1.24. The first-order chi connectivity index (χ1) is 3.41. The highest BCUT2D eigenvalue weighted by atomic mass is 14.8. The second kappa shape index (κ2) is 5.50. The quantitative estimate of drug-likeness (QED) is 0.492. The lowest BCUT2D eigenvalue weighted by molar-refractivity contribution is 0.798. The molecule has 42 valence electrons. The maximum absolute atomic E-state index is 5.05. The van der Waals surface area contributed by atoms with Gasteiger partial charge >= 0.3 is 0 Å². The van der Waals surface area contributed by atoms with Crippen molar-refractivity contribution in [3.63, 3.8) is 0 Å². The standard InChI is InChI=1S/C5H12N2/c1-2-7-5-3-4-6/h3-4,7H,2,5-6H2,1H3/b4-3+. The molecule has 0 bridgehead atoms. The Bertz CT molecular complexity index is 50.0. The first-order valence-electron chi connectivity index (χ1n) is 2.49. The predicted molar refractivity (Wildman–Crippen MR) is 31.9 cm³/mol. The molecule has 0 aromatic carbocycles. The SMILES string of the molecule is CCNC/C=C/N. The van der Waals surface area contributed by atoms with Gasteiger partial charge in [-0.05, 0) is 12.7 Å². The Kier molecular flexibility index (Phi) is 5.11. The van der Waals surface area contributed by atoms with Crippen molar-refractivity contribution in [3.8, 4) is 0 Å². The first-order valence-corrected chi connectivity index (χ1v) is 2.49. The van der Waals surface area contributed by atoms with Gasteiger partial charge in [0.25, 0.3) is 0 Å². The fraction of sp³-hybridized carbons (Fsp3) is 0.600. The Labute approximate surface area is 44.4 Å². The summed E-state index contributed by atoms with van der Waals surface area (Å²) >= 11 is 0. The average molecular weight is 100 g/mol. The zero-order valence-corrected chi connectivity index (χ0v) is 4.65. The van der Waals surface area contributed by atoms with Crippen LogP contribution >= 0.6 is 0 Å². The summed E-state index contributed by atoms with van der Waals surface area (Å²) in [6, 6.07) is 0. The van der Waals surface area contributed by atoms with Crippen molar-refractivity contribution in [1.82, 2.24) is 5.32 Å². The molecule has 0 rings (SSSR count). The zero-order valence-electron chi connectivity index (χ0n) is 4.65. The number of nitrogens with two attached hydrogens (primary N) is 1. The molecule has 2 heteroatoms. The summed E-state index contributed by atoms with van der Waals surface area (Å²) in [6.45, 7) is 3.95. The highest BCUT2D eigenvalue weighted by Gasteiger charge is 1.69. The lowest BCUT2D eigenvalue weighted by atomic mass is 10.6. The van der Waals surface area contributed by atoms with Crippen LogP contribution < -0.4 is 11.1 Å². The molecule has 0 aromatic heterocycles. The van der Waals surface area contributed by atoms with E-state index in [-0.39, 0.29) is 0 Å². The minimum atomic E-state index is 0.882. The molecule has 0 saturated heterocycles. The topological polar surface area (TPSA) is 38.0 Å². The summed E-state index contributed by atoms with van der Waals surface area (Å²) in [4.78, 5) is 0. The highest BCUT2D eigenvalue weighted by Crippen LogP contribution is 1.58. The van der Waals surface area contributed by atoms with Crippen LogP contribution in [0.3, 0.4) is 0 Å². The van der Waals surface area contributed by atoms with Gasteiger partial charge in [0, 0.05) is 6.54 Å². The number of hydrogen-bond donors (Lipinski definition) is 2. The van der Waals surface area contributed by atoms with E-state index in [1.54, 1.807) is 6.20 Å². The molecule has 7 heavy (non-hydrogen) atoms. The van der Waals surface area contributed by atoms with Crippen LogP contribution in [0, 0.1) is 0 Å². The zero-order chi connectivity index (χ0) is 5.54. The van der Waals surface area contributed by atoms with Gasteiger partial charge in [-0.3, -0.25) is 0 Å². The summed E-state index contributed by atoms with van der Waals surface area (Å²) in [7, 11) is 0. The van der Waals surface area contributed by atoms with E-state index in [2.05, 4.69) is 12.2 Å². The summed E-state index contributed by atoms with van der Waals surface area (Å²) in [6.07, 6.45) is 3.42. The predicted octanol–water partition coefficient (Wildman–Crippen LogP) is 0.0683. The third-order valence-corrected chi connectivity index (χ3v) is 0.648. The maximum atomic E-state index is 5.05. The lowest BCUT2D eigenvalue weighted by Gasteiger charge is -1.89.